The standard InChI is InChI=1S/C22H20Cl2N4O/c23-16-1-3-20-14(7-16)9-18(25-20)11-27-5-6-28(22(29)13-27)12-19-10-15-8-17(24)2-4-21(15)26-19/h1-4,7-10,25-26H,5-6,11-13H2. The molecule has 0 spiro atoms. The summed E-state index contributed by atoms with van der Waals surface area (Å²) in [6, 6.07) is 15.8. The molecule has 1 saturated heterocycles. The van der Waals surface area contributed by atoms with Crippen LogP contribution in [0.5, 0.6) is 0 Å². The molecule has 1 aliphatic rings. The fraction of sp³-hybridized carbons (Fsp3) is 0.227. The quantitative estimate of drug-likeness (QED) is 0.492. The van der Waals surface area contributed by atoms with Crippen molar-refractivity contribution in [3.05, 3.63) is 70.0 Å². The number of amides is 1. The van der Waals surface area contributed by atoms with Crippen molar-refractivity contribution >= 4 is 50.9 Å². The van der Waals surface area contributed by atoms with E-state index in [-0.39, 0.29) is 5.91 Å². The van der Waals surface area contributed by atoms with Crippen molar-refractivity contribution in [1.82, 2.24) is 19.8 Å². The second-order valence-corrected chi connectivity index (χ2v) is 8.45. The number of benzene rings is 2. The van der Waals surface area contributed by atoms with Crippen LogP contribution in [0.4, 0.5) is 0 Å². The lowest BCUT2D eigenvalue weighted by Crippen LogP contribution is -2.49. The van der Waals surface area contributed by atoms with Gasteiger partial charge in [0.1, 0.15) is 0 Å². The number of aromatic nitrogens is 2. The molecular formula is C22H20Cl2N4O. The molecule has 3 heterocycles. The normalized spacial score (nSPS) is 15.7. The van der Waals surface area contributed by atoms with Crippen molar-refractivity contribution in [2.45, 2.75) is 13.1 Å². The van der Waals surface area contributed by atoms with Crippen molar-refractivity contribution in [1.29, 1.82) is 0 Å². The topological polar surface area (TPSA) is 55.1 Å². The lowest BCUT2D eigenvalue weighted by atomic mass is 10.2. The maximum absolute atomic E-state index is 12.7. The molecule has 2 aromatic carbocycles. The van der Waals surface area contributed by atoms with E-state index in [1.165, 1.54) is 0 Å². The Morgan fingerprint density at radius 2 is 1.38 bits per heavy atom. The van der Waals surface area contributed by atoms with Crippen LogP contribution in [0, 0.1) is 0 Å². The number of H-pyrrole nitrogens is 2. The average Bonchev–Trinajstić information content (AvgIpc) is 3.25. The maximum Gasteiger partial charge on any atom is 0.237 e. The predicted octanol–water partition coefficient (Wildman–Crippen LogP) is 4.80. The Bertz CT molecular complexity index is 1210. The Hall–Kier alpha value is -2.47. The molecule has 0 atom stereocenters. The van der Waals surface area contributed by atoms with Crippen molar-refractivity contribution in [3.63, 3.8) is 0 Å². The third kappa shape index (κ3) is 3.86. The molecule has 1 aliphatic heterocycles. The molecule has 0 saturated carbocycles. The third-order valence-corrected chi connectivity index (χ3v) is 5.90. The minimum absolute atomic E-state index is 0.145. The molecule has 1 fully saturated rings. The summed E-state index contributed by atoms with van der Waals surface area (Å²) < 4.78 is 0. The summed E-state index contributed by atoms with van der Waals surface area (Å²) in [5, 5.41) is 3.60. The Kier molecular flexibility index (Phi) is 4.74. The molecule has 29 heavy (non-hydrogen) atoms. The fourth-order valence-electron chi connectivity index (χ4n) is 4.00. The largest absolute Gasteiger partial charge is 0.357 e. The highest BCUT2D eigenvalue weighted by atomic mass is 35.5. The SMILES string of the molecule is O=C1CN(Cc2cc3cc(Cl)ccc3[nH]2)CCN1Cc1cc2cc(Cl)ccc2[nH]1. The van der Waals surface area contributed by atoms with Gasteiger partial charge in [0.15, 0.2) is 0 Å². The van der Waals surface area contributed by atoms with Gasteiger partial charge in [0.2, 0.25) is 5.91 Å². The molecule has 5 nitrogen and oxygen atoms in total. The molecule has 7 heteroatoms. The molecular weight excluding hydrogens is 407 g/mol. The van der Waals surface area contributed by atoms with Gasteiger partial charge in [-0.3, -0.25) is 9.69 Å². The van der Waals surface area contributed by atoms with Crippen LogP contribution in [0.1, 0.15) is 11.4 Å². The van der Waals surface area contributed by atoms with Crippen LogP contribution in [-0.2, 0) is 17.9 Å². The smallest absolute Gasteiger partial charge is 0.237 e. The summed E-state index contributed by atoms with van der Waals surface area (Å²) in [4.78, 5) is 23.6. The van der Waals surface area contributed by atoms with E-state index in [2.05, 4.69) is 27.0 Å². The Morgan fingerprint density at radius 1 is 0.793 bits per heavy atom. The van der Waals surface area contributed by atoms with Gasteiger partial charge in [-0.25, -0.2) is 0 Å². The number of rotatable bonds is 4. The van der Waals surface area contributed by atoms with Gasteiger partial charge in [0, 0.05) is 62.9 Å². The van der Waals surface area contributed by atoms with Gasteiger partial charge in [-0.2, -0.15) is 0 Å². The molecule has 5 rings (SSSR count). The van der Waals surface area contributed by atoms with E-state index in [9.17, 15) is 4.79 Å². The second-order valence-electron chi connectivity index (χ2n) is 7.58. The summed E-state index contributed by atoms with van der Waals surface area (Å²) in [5.74, 6) is 0.145. The number of nitrogens with one attached hydrogen (secondary N) is 2. The summed E-state index contributed by atoms with van der Waals surface area (Å²) in [5.41, 5.74) is 4.22. The summed E-state index contributed by atoms with van der Waals surface area (Å²) in [7, 11) is 0. The molecule has 4 aromatic rings. The van der Waals surface area contributed by atoms with Crippen LogP contribution in [0.2, 0.25) is 10.0 Å². The molecule has 148 valence electrons. The van der Waals surface area contributed by atoms with Gasteiger partial charge in [-0.05, 0) is 48.5 Å². The first-order valence-corrected chi connectivity index (χ1v) is 10.3. The van der Waals surface area contributed by atoms with E-state index in [1.807, 2.05) is 41.3 Å². The lowest BCUT2D eigenvalue weighted by molar-refractivity contribution is -0.137. The molecule has 0 aliphatic carbocycles. The molecule has 2 N–H and O–H groups in total. The average molecular weight is 427 g/mol. The van der Waals surface area contributed by atoms with Gasteiger partial charge in [-0.15, -0.1) is 0 Å². The van der Waals surface area contributed by atoms with E-state index < -0.39 is 0 Å². The number of halogens is 2. The third-order valence-electron chi connectivity index (χ3n) is 5.43. The van der Waals surface area contributed by atoms with Crippen LogP contribution in [0.15, 0.2) is 48.5 Å². The van der Waals surface area contributed by atoms with Crippen molar-refractivity contribution < 1.29 is 4.79 Å². The predicted molar refractivity (Wildman–Crippen MR) is 117 cm³/mol. The number of nitrogens with zero attached hydrogens (tertiary/aromatic N) is 2. The Labute approximate surface area is 178 Å². The summed E-state index contributed by atoms with van der Waals surface area (Å²) in [6.45, 7) is 3.28. The zero-order chi connectivity index (χ0) is 20.0. The maximum atomic E-state index is 12.7. The molecule has 0 radical (unpaired) electrons. The van der Waals surface area contributed by atoms with E-state index in [0.29, 0.717) is 24.7 Å². The van der Waals surface area contributed by atoms with Crippen molar-refractivity contribution in [2.24, 2.45) is 0 Å². The number of carbonyl (C=O) groups is 1. The molecule has 0 bridgehead atoms. The van der Waals surface area contributed by atoms with Crippen molar-refractivity contribution in [2.75, 3.05) is 19.6 Å². The second kappa shape index (κ2) is 7.41. The summed E-state index contributed by atoms with van der Waals surface area (Å²) in [6.07, 6.45) is 0. The highest BCUT2D eigenvalue weighted by Gasteiger charge is 2.24. The van der Waals surface area contributed by atoms with Crippen LogP contribution >= 0.6 is 23.2 Å². The van der Waals surface area contributed by atoms with Gasteiger partial charge < -0.3 is 14.9 Å². The number of hydrogen-bond donors (Lipinski definition) is 2. The first-order valence-electron chi connectivity index (χ1n) is 9.58. The van der Waals surface area contributed by atoms with E-state index in [4.69, 9.17) is 23.2 Å². The number of carbonyl (C=O) groups excluding carboxylic acids is 1. The van der Waals surface area contributed by atoms with Gasteiger partial charge in [-0.1, -0.05) is 23.2 Å². The minimum atomic E-state index is 0.145. The number of fused-ring (bicyclic) bond motifs is 2. The highest BCUT2D eigenvalue weighted by Crippen LogP contribution is 2.23. The monoisotopic (exact) mass is 426 g/mol. The molecule has 0 unspecified atom stereocenters. The number of piperazine rings is 1. The highest BCUT2D eigenvalue weighted by molar-refractivity contribution is 6.31. The fourth-order valence-corrected chi connectivity index (χ4v) is 4.36. The van der Waals surface area contributed by atoms with Crippen molar-refractivity contribution in [3.8, 4) is 0 Å². The van der Waals surface area contributed by atoms with Gasteiger partial charge >= 0.3 is 0 Å². The number of hydrogen-bond acceptors (Lipinski definition) is 2. The van der Waals surface area contributed by atoms with Crippen LogP contribution < -0.4 is 0 Å². The van der Waals surface area contributed by atoms with Crippen LogP contribution in [0.25, 0.3) is 21.8 Å². The zero-order valence-corrected chi connectivity index (χ0v) is 17.2. The lowest BCUT2D eigenvalue weighted by Gasteiger charge is -2.33. The van der Waals surface area contributed by atoms with Gasteiger partial charge in [0.25, 0.3) is 0 Å². The van der Waals surface area contributed by atoms with Crippen LogP contribution in [-0.4, -0.2) is 45.3 Å². The molecule has 2 aromatic heterocycles. The summed E-state index contributed by atoms with van der Waals surface area (Å²) >= 11 is 12.1. The Balaban J connectivity index is 1.24. The Morgan fingerprint density at radius 3 is 1.97 bits per heavy atom. The first kappa shape index (κ1) is 18.6. The zero-order valence-electron chi connectivity index (χ0n) is 15.7. The van der Waals surface area contributed by atoms with E-state index >= 15 is 0 Å². The number of aromatic amines is 2. The van der Waals surface area contributed by atoms with E-state index in [1.54, 1.807) is 0 Å². The first-order chi connectivity index (χ1) is 14.0. The van der Waals surface area contributed by atoms with Gasteiger partial charge in [0.05, 0.1) is 13.1 Å². The molecule has 1 amide bonds. The van der Waals surface area contributed by atoms with Crippen LogP contribution in [0.3, 0.4) is 0 Å². The van der Waals surface area contributed by atoms with E-state index in [0.717, 1.165) is 51.3 Å². The minimum Gasteiger partial charge on any atom is -0.357 e.